The minimum atomic E-state index is -0.833. The fraction of sp³-hybridized carbons (Fsp3) is 0.258. The maximum atomic E-state index is 13.4. The molecule has 1 atom stereocenters. The Morgan fingerprint density at radius 3 is 2.55 bits per heavy atom. The van der Waals surface area contributed by atoms with Gasteiger partial charge in [0.1, 0.15) is 0 Å². The molecule has 2 amide bonds. The summed E-state index contributed by atoms with van der Waals surface area (Å²) in [6.07, 6.45) is 2.92. The Morgan fingerprint density at radius 1 is 1.05 bits per heavy atom. The predicted octanol–water partition coefficient (Wildman–Crippen LogP) is 3.94. The number of anilines is 1. The van der Waals surface area contributed by atoms with Gasteiger partial charge in [0.2, 0.25) is 5.96 Å². The Labute approximate surface area is 244 Å². The molecule has 11 nitrogen and oxygen atoms in total. The van der Waals surface area contributed by atoms with Gasteiger partial charge in [0.15, 0.2) is 6.19 Å². The minimum Gasteiger partial charge on any atom is -0.481 e. The van der Waals surface area contributed by atoms with Crippen molar-refractivity contribution < 1.29 is 14.7 Å². The standard InChI is InChI=1S/C29H28N8O.C2H4O2/c30-17-21-6-4-10-24(16-21)34-29(38)37-15-14-36(19-27(37)22-7-2-1-3-8-22)28(33-20-31)35-26-11-5-9-23-18-32-13-12-25(23)26;1-2(3)4/h1-11,16,27,32H,12-15,18-19H2,(H,33,35)(H,34,38);1H3,(H,3,4). The molecule has 2 heterocycles. The molecule has 3 aromatic carbocycles. The van der Waals surface area contributed by atoms with E-state index >= 15 is 0 Å². The molecule has 3 aromatic rings. The lowest BCUT2D eigenvalue weighted by Gasteiger charge is -2.42. The van der Waals surface area contributed by atoms with Crippen molar-refractivity contribution in [2.75, 3.05) is 31.5 Å². The quantitative estimate of drug-likeness (QED) is 0.161. The Balaban J connectivity index is 0.000000952. The SMILES string of the molecule is CC(=O)O.N#CNC(=Nc1cccc2c1CCNC2)N1CCN(C(=O)Nc2cccc(C#N)c2)C(c2ccccc2)C1. The van der Waals surface area contributed by atoms with Crippen molar-refractivity contribution in [1.82, 2.24) is 20.4 Å². The van der Waals surface area contributed by atoms with Gasteiger partial charge in [-0.1, -0.05) is 48.5 Å². The largest absolute Gasteiger partial charge is 0.481 e. The van der Waals surface area contributed by atoms with Gasteiger partial charge in [-0.05, 0) is 53.9 Å². The molecule has 0 bridgehead atoms. The Bertz CT molecular complexity index is 1520. The lowest BCUT2D eigenvalue weighted by atomic mass is 9.99. The zero-order chi connectivity index (χ0) is 29.9. The monoisotopic (exact) mass is 564 g/mol. The van der Waals surface area contributed by atoms with Gasteiger partial charge in [0.05, 0.1) is 23.4 Å². The van der Waals surface area contributed by atoms with E-state index in [1.807, 2.05) is 53.6 Å². The van der Waals surface area contributed by atoms with Crippen molar-refractivity contribution in [2.45, 2.75) is 25.9 Å². The third-order valence-corrected chi connectivity index (χ3v) is 6.88. The van der Waals surface area contributed by atoms with Gasteiger partial charge in [-0.2, -0.15) is 10.5 Å². The fourth-order valence-electron chi connectivity index (χ4n) is 5.00. The molecule has 1 unspecified atom stereocenters. The van der Waals surface area contributed by atoms with E-state index < -0.39 is 5.97 Å². The van der Waals surface area contributed by atoms with E-state index in [-0.39, 0.29) is 12.1 Å². The molecule has 4 N–H and O–H groups in total. The van der Waals surface area contributed by atoms with Crippen molar-refractivity contribution >= 4 is 29.3 Å². The van der Waals surface area contributed by atoms with Crippen LogP contribution in [0.4, 0.5) is 16.2 Å². The number of carboxylic acid groups (broad SMARTS) is 1. The van der Waals surface area contributed by atoms with Crippen LogP contribution in [0.1, 0.15) is 35.2 Å². The number of guanidine groups is 1. The first-order valence-corrected chi connectivity index (χ1v) is 13.5. The summed E-state index contributed by atoms with van der Waals surface area (Å²) in [5.41, 5.74) is 5.31. The van der Waals surface area contributed by atoms with E-state index in [4.69, 9.17) is 14.9 Å². The number of hydrogen-bond donors (Lipinski definition) is 4. The van der Waals surface area contributed by atoms with Crippen LogP contribution in [0.15, 0.2) is 77.8 Å². The van der Waals surface area contributed by atoms with E-state index in [1.54, 1.807) is 29.2 Å². The molecule has 2 aliphatic rings. The number of nitriles is 2. The smallest absolute Gasteiger partial charge is 0.322 e. The second-order valence-corrected chi connectivity index (χ2v) is 9.72. The first kappa shape index (κ1) is 29.6. The van der Waals surface area contributed by atoms with Crippen LogP contribution in [0, 0.1) is 22.8 Å². The van der Waals surface area contributed by atoms with E-state index in [2.05, 4.69) is 28.1 Å². The third-order valence-electron chi connectivity index (χ3n) is 6.88. The lowest BCUT2D eigenvalue weighted by Crippen LogP contribution is -2.55. The lowest BCUT2D eigenvalue weighted by molar-refractivity contribution is -0.134. The van der Waals surface area contributed by atoms with Crippen LogP contribution in [0.2, 0.25) is 0 Å². The maximum absolute atomic E-state index is 13.4. The molecule has 11 heteroatoms. The topological polar surface area (TPSA) is 157 Å². The average molecular weight is 565 g/mol. The first-order valence-electron chi connectivity index (χ1n) is 13.5. The number of nitrogens with one attached hydrogen (secondary N) is 3. The Hall–Kier alpha value is -5.39. The maximum Gasteiger partial charge on any atom is 0.322 e. The second-order valence-electron chi connectivity index (χ2n) is 9.72. The number of fused-ring (bicyclic) bond motifs is 1. The highest BCUT2D eigenvalue weighted by atomic mass is 16.4. The molecule has 2 aliphatic heterocycles. The molecule has 214 valence electrons. The van der Waals surface area contributed by atoms with E-state index in [0.29, 0.717) is 36.8 Å². The number of benzene rings is 3. The highest BCUT2D eigenvalue weighted by Gasteiger charge is 2.33. The molecule has 0 aliphatic carbocycles. The molecule has 0 radical (unpaired) electrons. The van der Waals surface area contributed by atoms with Gasteiger partial charge in [-0.15, -0.1) is 0 Å². The third kappa shape index (κ3) is 7.62. The highest BCUT2D eigenvalue weighted by molar-refractivity contribution is 5.90. The average Bonchev–Trinajstić information content (AvgIpc) is 3.01. The first-order chi connectivity index (χ1) is 20.4. The molecule has 1 fully saturated rings. The van der Waals surface area contributed by atoms with Gasteiger partial charge in [0.25, 0.3) is 5.97 Å². The van der Waals surface area contributed by atoms with Crippen LogP contribution in [0.25, 0.3) is 0 Å². The zero-order valence-corrected chi connectivity index (χ0v) is 23.2. The molecule has 0 aromatic heterocycles. The molecular weight excluding hydrogens is 532 g/mol. The summed E-state index contributed by atoms with van der Waals surface area (Å²) in [5.74, 6) is -0.359. The summed E-state index contributed by atoms with van der Waals surface area (Å²) in [7, 11) is 0. The van der Waals surface area contributed by atoms with Crippen LogP contribution in [0.5, 0.6) is 0 Å². The van der Waals surface area contributed by atoms with E-state index in [9.17, 15) is 15.3 Å². The van der Waals surface area contributed by atoms with Gasteiger partial charge >= 0.3 is 6.03 Å². The van der Waals surface area contributed by atoms with Gasteiger partial charge in [-0.25, -0.2) is 9.79 Å². The number of piperazine rings is 1. The number of amides is 2. The summed E-state index contributed by atoms with van der Waals surface area (Å²) in [4.78, 5) is 31.1. The van der Waals surface area contributed by atoms with Crippen LogP contribution >= 0.6 is 0 Å². The van der Waals surface area contributed by atoms with Crippen molar-refractivity contribution in [1.29, 1.82) is 10.5 Å². The molecular formula is C31H32N8O3. The molecule has 0 saturated carbocycles. The molecule has 42 heavy (non-hydrogen) atoms. The molecule has 0 spiro atoms. The van der Waals surface area contributed by atoms with E-state index in [1.165, 1.54) is 11.1 Å². The summed E-state index contributed by atoms with van der Waals surface area (Å²) >= 11 is 0. The molecule has 5 rings (SSSR count). The number of aliphatic imine (C=N–C) groups is 1. The summed E-state index contributed by atoms with van der Waals surface area (Å²) in [5, 5.41) is 35.3. The normalized spacial score (nSPS) is 16.1. The fourth-order valence-corrected chi connectivity index (χ4v) is 5.00. The van der Waals surface area contributed by atoms with E-state index in [0.717, 1.165) is 37.7 Å². The number of carboxylic acids is 1. The van der Waals surface area contributed by atoms with Gasteiger partial charge in [0, 0.05) is 38.8 Å². The molecule has 1 saturated heterocycles. The summed E-state index contributed by atoms with van der Waals surface area (Å²) in [6, 6.07) is 24.4. The Kier molecular flexibility index (Phi) is 10.1. The van der Waals surface area contributed by atoms with Crippen LogP contribution in [-0.4, -0.2) is 59.0 Å². The predicted molar refractivity (Wildman–Crippen MR) is 159 cm³/mol. The van der Waals surface area contributed by atoms with Gasteiger partial charge < -0.3 is 25.5 Å². The highest BCUT2D eigenvalue weighted by Crippen LogP contribution is 2.29. The number of nitrogens with zero attached hydrogens (tertiary/aromatic N) is 5. The van der Waals surface area contributed by atoms with Crippen molar-refractivity contribution in [3.05, 3.63) is 95.1 Å². The van der Waals surface area contributed by atoms with Crippen LogP contribution in [0.3, 0.4) is 0 Å². The number of rotatable bonds is 3. The number of carbonyl (C=O) groups is 2. The van der Waals surface area contributed by atoms with Crippen LogP contribution in [-0.2, 0) is 17.8 Å². The number of urea groups is 1. The van der Waals surface area contributed by atoms with Crippen molar-refractivity contribution in [3.63, 3.8) is 0 Å². The minimum absolute atomic E-state index is 0.245. The number of hydrogen-bond acceptors (Lipinski definition) is 6. The van der Waals surface area contributed by atoms with Crippen molar-refractivity contribution in [3.8, 4) is 12.3 Å². The second kappa shape index (κ2) is 14.3. The Morgan fingerprint density at radius 2 is 1.81 bits per heavy atom. The number of aliphatic carboxylic acids is 1. The van der Waals surface area contributed by atoms with Crippen molar-refractivity contribution in [2.24, 2.45) is 4.99 Å². The van der Waals surface area contributed by atoms with Gasteiger partial charge in [-0.3, -0.25) is 10.1 Å². The number of carbonyl (C=O) groups excluding carboxylic acids is 1. The van der Waals surface area contributed by atoms with Crippen LogP contribution < -0.4 is 16.0 Å². The zero-order valence-electron chi connectivity index (χ0n) is 23.2. The summed E-state index contributed by atoms with van der Waals surface area (Å²) < 4.78 is 0. The summed E-state index contributed by atoms with van der Waals surface area (Å²) in [6.45, 7) is 4.16.